The third kappa shape index (κ3) is 4.08. The number of hydrogen-bond donors (Lipinski definition) is 2. The van der Waals surface area contributed by atoms with Crippen LogP contribution >= 0.6 is 0 Å². The summed E-state index contributed by atoms with van der Waals surface area (Å²) in [6.07, 6.45) is 0.764. The van der Waals surface area contributed by atoms with E-state index in [9.17, 15) is 4.79 Å². The second-order valence-corrected chi connectivity index (χ2v) is 4.15. The van der Waals surface area contributed by atoms with Gasteiger partial charge in [-0.1, -0.05) is 13.8 Å². The first kappa shape index (κ1) is 13.4. The van der Waals surface area contributed by atoms with Gasteiger partial charge < -0.3 is 15.8 Å². The van der Waals surface area contributed by atoms with Gasteiger partial charge >= 0.3 is 0 Å². The lowest BCUT2D eigenvalue weighted by atomic mass is 10.2. The van der Waals surface area contributed by atoms with Gasteiger partial charge in [-0.3, -0.25) is 9.69 Å². The lowest BCUT2D eigenvalue weighted by Gasteiger charge is -2.32. The van der Waals surface area contributed by atoms with Gasteiger partial charge in [0.25, 0.3) is 0 Å². The monoisotopic (exact) mass is 229 g/mol. The Hall–Kier alpha value is -0.650. The maximum Gasteiger partial charge on any atom is 0.236 e. The van der Waals surface area contributed by atoms with Crippen LogP contribution in [0.1, 0.15) is 20.3 Å². The topological polar surface area (TPSA) is 67.6 Å². The van der Waals surface area contributed by atoms with Gasteiger partial charge in [0.05, 0.1) is 18.8 Å². The van der Waals surface area contributed by atoms with E-state index >= 15 is 0 Å². The van der Waals surface area contributed by atoms with E-state index in [-0.39, 0.29) is 12.0 Å². The van der Waals surface area contributed by atoms with Crippen molar-refractivity contribution in [2.45, 2.75) is 32.4 Å². The van der Waals surface area contributed by atoms with Crippen LogP contribution in [0.5, 0.6) is 0 Å². The van der Waals surface area contributed by atoms with E-state index in [4.69, 9.17) is 10.5 Å². The Kier molecular flexibility index (Phi) is 5.73. The molecule has 0 spiro atoms. The number of likely N-dealkylation sites (N-methyl/N-ethyl adjacent to an activating group) is 1. The number of amides is 1. The number of hydrogen-bond acceptors (Lipinski definition) is 4. The largest absolute Gasteiger partial charge is 0.374 e. The summed E-state index contributed by atoms with van der Waals surface area (Å²) in [7, 11) is 0. The zero-order valence-electron chi connectivity index (χ0n) is 10.2. The molecule has 2 atom stereocenters. The van der Waals surface area contributed by atoms with E-state index in [0.717, 1.165) is 26.2 Å². The fraction of sp³-hybridized carbons (Fsp3) is 0.909. The molecule has 1 heterocycles. The van der Waals surface area contributed by atoms with Crippen LogP contribution in [-0.4, -0.2) is 55.7 Å². The fourth-order valence-electron chi connectivity index (χ4n) is 1.72. The summed E-state index contributed by atoms with van der Waals surface area (Å²) in [6, 6.07) is -0.397. The standard InChI is InChI=1S/C11H23N3O2/c1-3-10(12)11(15)13-7-9-8-14(4-2)5-6-16-9/h9-10H,3-8,12H2,1-2H3,(H,13,15). The van der Waals surface area contributed by atoms with Crippen LogP contribution in [0.25, 0.3) is 0 Å². The highest BCUT2D eigenvalue weighted by Gasteiger charge is 2.20. The second kappa shape index (κ2) is 6.83. The molecule has 5 heteroatoms. The molecule has 1 rings (SSSR count). The van der Waals surface area contributed by atoms with Crippen LogP contribution < -0.4 is 11.1 Å². The first-order valence-electron chi connectivity index (χ1n) is 6.04. The summed E-state index contributed by atoms with van der Waals surface area (Å²) in [6.45, 7) is 8.24. The van der Waals surface area contributed by atoms with Gasteiger partial charge in [0.15, 0.2) is 0 Å². The summed E-state index contributed by atoms with van der Waals surface area (Å²) in [5, 5.41) is 2.83. The van der Waals surface area contributed by atoms with Crippen LogP contribution in [0.4, 0.5) is 0 Å². The van der Waals surface area contributed by atoms with Crippen molar-refractivity contribution < 1.29 is 9.53 Å². The molecule has 1 fully saturated rings. The van der Waals surface area contributed by atoms with Crippen molar-refractivity contribution in [2.75, 3.05) is 32.8 Å². The lowest BCUT2D eigenvalue weighted by molar-refractivity contribution is -0.123. The Morgan fingerprint density at radius 1 is 1.62 bits per heavy atom. The molecule has 0 aromatic carbocycles. The number of nitrogens with zero attached hydrogens (tertiary/aromatic N) is 1. The summed E-state index contributed by atoms with van der Waals surface area (Å²) in [5.74, 6) is -0.0836. The summed E-state index contributed by atoms with van der Waals surface area (Å²) in [4.78, 5) is 13.8. The van der Waals surface area contributed by atoms with E-state index in [2.05, 4.69) is 17.1 Å². The number of nitrogens with one attached hydrogen (secondary N) is 1. The van der Waals surface area contributed by atoms with Gasteiger partial charge in [0, 0.05) is 19.6 Å². The molecule has 0 aromatic rings. The summed E-state index contributed by atoms with van der Waals surface area (Å²) in [5.41, 5.74) is 5.62. The molecule has 0 bridgehead atoms. The molecule has 1 saturated heterocycles. The highest BCUT2D eigenvalue weighted by atomic mass is 16.5. The number of ether oxygens (including phenoxy) is 1. The molecule has 1 aliphatic heterocycles. The Bertz CT molecular complexity index is 223. The smallest absolute Gasteiger partial charge is 0.236 e. The van der Waals surface area contributed by atoms with Crippen molar-refractivity contribution in [3.05, 3.63) is 0 Å². The predicted octanol–water partition coefficient (Wildman–Crippen LogP) is -0.439. The zero-order chi connectivity index (χ0) is 12.0. The van der Waals surface area contributed by atoms with E-state index in [1.54, 1.807) is 0 Å². The van der Waals surface area contributed by atoms with Crippen LogP contribution in [0.15, 0.2) is 0 Å². The van der Waals surface area contributed by atoms with Crippen molar-refractivity contribution in [3.8, 4) is 0 Å². The molecule has 0 aliphatic carbocycles. The molecule has 5 nitrogen and oxygen atoms in total. The normalized spacial score (nSPS) is 24.1. The van der Waals surface area contributed by atoms with Crippen molar-refractivity contribution in [1.29, 1.82) is 0 Å². The average molecular weight is 229 g/mol. The maximum atomic E-state index is 11.5. The van der Waals surface area contributed by atoms with E-state index in [1.807, 2.05) is 6.92 Å². The van der Waals surface area contributed by atoms with E-state index in [1.165, 1.54) is 0 Å². The predicted molar refractivity (Wildman–Crippen MR) is 63.1 cm³/mol. The zero-order valence-corrected chi connectivity index (χ0v) is 10.2. The molecular formula is C11H23N3O2. The first-order valence-corrected chi connectivity index (χ1v) is 6.04. The minimum absolute atomic E-state index is 0.0836. The first-order chi connectivity index (χ1) is 7.67. The maximum absolute atomic E-state index is 11.5. The fourth-order valence-corrected chi connectivity index (χ4v) is 1.72. The molecule has 0 saturated carbocycles. The van der Waals surface area contributed by atoms with Gasteiger partial charge in [0.2, 0.25) is 5.91 Å². The van der Waals surface area contributed by atoms with Gasteiger partial charge in [-0.25, -0.2) is 0 Å². The van der Waals surface area contributed by atoms with E-state index in [0.29, 0.717) is 13.0 Å². The van der Waals surface area contributed by atoms with Crippen LogP contribution in [-0.2, 0) is 9.53 Å². The minimum Gasteiger partial charge on any atom is -0.374 e. The van der Waals surface area contributed by atoms with Crippen molar-refractivity contribution in [3.63, 3.8) is 0 Å². The van der Waals surface area contributed by atoms with Gasteiger partial charge in [0.1, 0.15) is 0 Å². The Morgan fingerprint density at radius 2 is 2.38 bits per heavy atom. The van der Waals surface area contributed by atoms with Crippen LogP contribution in [0, 0.1) is 0 Å². The Balaban J connectivity index is 2.24. The molecule has 0 aromatic heterocycles. The highest BCUT2D eigenvalue weighted by molar-refractivity contribution is 5.81. The summed E-state index contributed by atoms with van der Waals surface area (Å²) >= 11 is 0. The number of nitrogens with two attached hydrogens (primary N) is 1. The molecule has 3 N–H and O–H groups in total. The van der Waals surface area contributed by atoms with Crippen LogP contribution in [0.3, 0.4) is 0 Å². The average Bonchev–Trinajstić information content (AvgIpc) is 2.35. The second-order valence-electron chi connectivity index (χ2n) is 4.15. The quantitative estimate of drug-likeness (QED) is 0.671. The third-order valence-electron chi connectivity index (χ3n) is 2.95. The molecule has 94 valence electrons. The number of carbonyl (C=O) groups is 1. The van der Waals surface area contributed by atoms with E-state index < -0.39 is 6.04 Å². The Morgan fingerprint density at radius 3 is 3.00 bits per heavy atom. The van der Waals surface area contributed by atoms with Crippen molar-refractivity contribution in [1.82, 2.24) is 10.2 Å². The molecular weight excluding hydrogens is 206 g/mol. The summed E-state index contributed by atoms with van der Waals surface area (Å²) < 4.78 is 5.58. The number of rotatable bonds is 5. The molecule has 2 unspecified atom stereocenters. The molecule has 16 heavy (non-hydrogen) atoms. The third-order valence-corrected chi connectivity index (χ3v) is 2.95. The van der Waals surface area contributed by atoms with Crippen molar-refractivity contribution >= 4 is 5.91 Å². The molecule has 1 amide bonds. The van der Waals surface area contributed by atoms with Crippen molar-refractivity contribution in [2.24, 2.45) is 5.73 Å². The lowest BCUT2D eigenvalue weighted by Crippen LogP contribution is -2.49. The number of carbonyl (C=O) groups excluding carboxylic acids is 1. The van der Waals surface area contributed by atoms with Gasteiger partial charge in [-0.2, -0.15) is 0 Å². The Labute approximate surface area is 97.3 Å². The molecule has 0 radical (unpaired) electrons. The van der Waals surface area contributed by atoms with Gasteiger partial charge in [-0.05, 0) is 13.0 Å². The van der Waals surface area contributed by atoms with Crippen LogP contribution in [0.2, 0.25) is 0 Å². The molecule has 1 aliphatic rings. The SMILES string of the molecule is CCC(N)C(=O)NCC1CN(CC)CCO1. The number of morpholine rings is 1. The highest BCUT2D eigenvalue weighted by Crippen LogP contribution is 2.03. The minimum atomic E-state index is -0.397. The van der Waals surface area contributed by atoms with Gasteiger partial charge in [-0.15, -0.1) is 0 Å².